The largest absolute Gasteiger partial charge is 0.342 e. The Morgan fingerprint density at radius 1 is 1.11 bits per heavy atom. The third-order valence-electron chi connectivity index (χ3n) is 2.72. The maximum atomic E-state index is 13.2. The fourth-order valence-corrected chi connectivity index (χ4v) is 1.90. The fourth-order valence-electron chi connectivity index (χ4n) is 1.90. The van der Waals surface area contributed by atoms with Gasteiger partial charge in [-0.1, -0.05) is 12.1 Å². The van der Waals surface area contributed by atoms with Gasteiger partial charge in [0.1, 0.15) is 5.82 Å². The van der Waals surface area contributed by atoms with E-state index in [9.17, 15) is 4.39 Å². The van der Waals surface area contributed by atoms with E-state index in [0.29, 0.717) is 12.1 Å². The second-order valence-corrected chi connectivity index (χ2v) is 3.89. The predicted octanol–water partition coefficient (Wildman–Crippen LogP) is 3.86. The number of hydrogen-bond donors (Lipinski definition) is 0. The molecule has 3 heteroatoms. The Balaban J connectivity index is 2.42. The zero-order chi connectivity index (χ0) is 13.0. The molecule has 0 radical (unpaired) electrons. The summed E-state index contributed by atoms with van der Waals surface area (Å²) in [5.74, 6) is -0.262. The average Bonchev–Trinajstić information content (AvgIpc) is 2.40. The van der Waals surface area contributed by atoms with E-state index < -0.39 is 0 Å². The van der Waals surface area contributed by atoms with Crippen LogP contribution in [0.5, 0.6) is 0 Å². The van der Waals surface area contributed by atoms with Crippen LogP contribution in [0.2, 0.25) is 0 Å². The lowest BCUT2D eigenvalue weighted by Gasteiger charge is -2.23. The Bertz CT molecular complexity index is 587. The quantitative estimate of drug-likeness (QED) is 0.814. The molecule has 0 saturated carbocycles. The van der Waals surface area contributed by atoms with Crippen LogP contribution in [0.25, 0.3) is 0 Å². The van der Waals surface area contributed by atoms with Gasteiger partial charge in [0.25, 0.3) is 0 Å². The van der Waals surface area contributed by atoms with Gasteiger partial charge < -0.3 is 4.90 Å². The topological polar surface area (TPSA) is 27.0 Å². The monoisotopic (exact) mass is 240 g/mol. The zero-order valence-corrected chi connectivity index (χ0v) is 10.1. The van der Waals surface area contributed by atoms with E-state index >= 15 is 0 Å². The molecule has 0 spiro atoms. The Morgan fingerprint density at radius 2 is 1.78 bits per heavy atom. The Labute approximate surface area is 106 Å². The second kappa shape index (κ2) is 5.33. The van der Waals surface area contributed by atoms with Crippen LogP contribution in [0.3, 0.4) is 0 Å². The number of benzene rings is 2. The first kappa shape index (κ1) is 12.1. The van der Waals surface area contributed by atoms with Gasteiger partial charge in [0.05, 0.1) is 11.6 Å². The van der Waals surface area contributed by atoms with Crippen molar-refractivity contribution < 1.29 is 4.39 Å². The molecule has 0 aliphatic rings. The van der Waals surface area contributed by atoms with E-state index in [-0.39, 0.29) is 5.82 Å². The maximum Gasteiger partial charge on any atom is 0.125 e. The third kappa shape index (κ3) is 2.49. The molecule has 0 unspecified atom stereocenters. The zero-order valence-electron chi connectivity index (χ0n) is 10.1. The molecule has 0 saturated heterocycles. The van der Waals surface area contributed by atoms with E-state index in [1.807, 2.05) is 30.0 Å². The molecular formula is C15H13FN2. The summed E-state index contributed by atoms with van der Waals surface area (Å²) in [4.78, 5) is 1.96. The van der Waals surface area contributed by atoms with E-state index in [0.717, 1.165) is 11.4 Å². The van der Waals surface area contributed by atoms with Crippen molar-refractivity contribution in [1.82, 2.24) is 0 Å². The molecule has 2 rings (SSSR count). The highest BCUT2D eigenvalue weighted by Crippen LogP contribution is 2.26. The van der Waals surface area contributed by atoms with Gasteiger partial charge in [-0.05, 0) is 43.3 Å². The summed E-state index contributed by atoms with van der Waals surface area (Å²) in [7, 11) is 0. The van der Waals surface area contributed by atoms with Crippen molar-refractivity contribution in [2.45, 2.75) is 6.92 Å². The number of anilines is 2. The van der Waals surface area contributed by atoms with Crippen LogP contribution >= 0.6 is 0 Å². The lowest BCUT2D eigenvalue weighted by molar-refractivity contribution is 0.627. The minimum Gasteiger partial charge on any atom is -0.342 e. The lowest BCUT2D eigenvalue weighted by atomic mass is 10.2. The number of nitriles is 1. The second-order valence-electron chi connectivity index (χ2n) is 3.89. The minimum absolute atomic E-state index is 0.262. The van der Waals surface area contributed by atoms with Crippen molar-refractivity contribution in [3.63, 3.8) is 0 Å². The molecule has 2 aromatic carbocycles. The van der Waals surface area contributed by atoms with Crippen molar-refractivity contribution in [1.29, 1.82) is 5.26 Å². The van der Waals surface area contributed by atoms with Crippen LogP contribution in [0.15, 0.2) is 48.5 Å². The Morgan fingerprint density at radius 3 is 2.39 bits per heavy atom. The number of halogens is 1. The molecule has 0 aliphatic heterocycles. The van der Waals surface area contributed by atoms with E-state index in [1.165, 1.54) is 12.1 Å². The normalized spacial score (nSPS) is 9.83. The first-order chi connectivity index (χ1) is 8.74. The molecule has 0 amide bonds. The number of rotatable bonds is 3. The van der Waals surface area contributed by atoms with E-state index in [1.54, 1.807) is 18.2 Å². The van der Waals surface area contributed by atoms with Gasteiger partial charge in [0.2, 0.25) is 0 Å². The molecular weight excluding hydrogens is 227 g/mol. The Hall–Kier alpha value is -2.34. The molecule has 0 heterocycles. The molecule has 2 nitrogen and oxygen atoms in total. The van der Waals surface area contributed by atoms with Gasteiger partial charge in [-0.2, -0.15) is 5.26 Å². The highest BCUT2D eigenvalue weighted by molar-refractivity contribution is 5.64. The van der Waals surface area contributed by atoms with Crippen LogP contribution in [0.1, 0.15) is 12.5 Å². The summed E-state index contributed by atoms with van der Waals surface area (Å²) in [6, 6.07) is 15.8. The van der Waals surface area contributed by atoms with Gasteiger partial charge in [-0.3, -0.25) is 0 Å². The van der Waals surface area contributed by atoms with Gasteiger partial charge in [-0.25, -0.2) is 4.39 Å². The lowest BCUT2D eigenvalue weighted by Crippen LogP contribution is -2.16. The van der Waals surface area contributed by atoms with Crippen molar-refractivity contribution in [2.24, 2.45) is 0 Å². The average molecular weight is 240 g/mol. The first-order valence-corrected chi connectivity index (χ1v) is 5.78. The Kier molecular flexibility index (Phi) is 3.59. The van der Waals surface area contributed by atoms with Crippen LogP contribution < -0.4 is 4.90 Å². The van der Waals surface area contributed by atoms with Crippen LogP contribution in [-0.4, -0.2) is 6.54 Å². The highest BCUT2D eigenvalue weighted by Gasteiger charge is 2.08. The molecule has 0 N–H and O–H groups in total. The van der Waals surface area contributed by atoms with Gasteiger partial charge >= 0.3 is 0 Å². The van der Waals surface area contributed by atoms with Crippen molar-refractivity contribution in [2.75, 3.05) is 11.4 Å². The summed E-state index contributed by atoms with van der Waals surface area (Å²) in [6.45, 7) is 2.70. The maximum absolute atomic E-state index is 13.2. The first-order valence-electron chi connectivity index (χ1n) is 5.78. The van der Waals surface area contributed by atoms with E-state index in [2.05, 4.69) is 6.07 Å². The van der Waals surface area contributed by atoms with Gasteiger partial charge in [0.15, 0.2) is 0 Å². The fraction of sp³-hybridized carbons (Fsp3) is 0.133. The van der Waals surface area contributed by atoms with E-state index in [4.69, 9.17) is 5.26 Å². The molecule has 0 bridgehead atoms. The smallest absolute Gasteiger partial charge is 0.125 e. The molecule has 18 heavy (non-hydrogen) atoms. The predicted molar refractivity (Wildman–Crippen MR) is 70.2 cm³/mol. The molecule has 90 valence electrons. The molecule has 0 aliphatic carbocycles. The van der Waals surface area contributed by atoms with Crippen LogP contribution in [0.4, 0.5) is 15.8 Å². The molecule has 0 atom stereocenters. The molecule has 2 aromatic rings. The number of hydrogen-bond acceptors (Lipinski definition) is 2. The number of nitrogens with zero attached hydrogens (tertiary/aromatic N) is 2. The third-order valence-corrected chi connectivity index (χ3v) is 2.72. The van der Waals surface area contributed by atoms with Gasteiger partial charge in [-0.15, -0.1) is 0 Å². The summed E-state index contributed by atoms with van der Waals surface area (Å²) in [5, 5.41) is 8.90. The van der Waals surface area contributed by atoms with Crippen LogP contribution in [0, 0.1) is 17.1 Å². The minimum atomic E-state index is -0.262. The summed E-state index contributed by atoms with van der Waals surface area (Å²) in [6.07, 6.45) is 0. The summed E-state index contributed by atoms with van der Waals surface area (Å²) in [5.41, 5.74) is 2.28. The standard InChI is InChI=1S/C15H13FN2/c1-2-18(15-8-4-6-13(16)10-15)14-7-3-5-12(9-14)11-17/h3-10H,2H2,1H3. The molecule has 0 aromatic heterocycles. The molecule has 0 fully saturated rings. The SMILES string of the molecule is CCN(c1cccc(F)c1)c1cccc(C#N)c1. The van der Waals surface area contributed by atoms with Crippen molar-refractivity contribution in [3.8, 4) is 6.07 Å². The van der Waals surface area contributed by atoms with Gasteiger partial charge in [0, 0.05) is 17.9 Å². The summed E-state index contributed by atoms with van der Waals surface area (Å²) >= 11 is 0. The van der Waals surface area contributed by atoms with Crippen LogP contribution in [-0.2, 0) is 0 Å². The van der Waals surface area contributed by atoms with Crippen molar-refractivity contribution in [3.05, 3.63) is 59.9 Å². The highest BCUT2D eigenvalue weighted by atomic mass is 19.1. The summed E-state index contributed by atoms with van der Waals surface area (Å²) < 4.78 is 13.2. The van der Waals surface area contributed by atoms with Crippen molar-refractivity contribution >= 4 is 11.4 Å².